The lowest BCUT2D eigenvalue weighted by atomic mass is 9.88. The molecule has 1 aliphatic carbocycles. The summed E-state index contributed by atoms with van der Waals surface area (Å²) in [5, 5.41) is 2.83. The van der Waals surface area contributed by atoms with Crippen molar-refractivity contribution in [3.63, 3.8) is 0 Å². The normalized spacial score (nSPS) is 22.3. The third-order valence-electron chi connectivity index (χ3n) is 4.36. The van der Waals surface area contributed by atoms with Gasteiger partial charge >= 0.3 is 0 Å². The summed E-state index contributed by atoms with van der Waals surface area (Å²) in [5.41, 5.74) is 3.32. The molecular formula is C20H20N2O2. The second-order valence-corrected chi connectivity index (χ2v) is 6.06. The molecule has 4 heteroatoms. The summed E-state index contributed by atoms with van der Waals surface area (Å²) < 4.78 is 0. The van der Waals surface area contributed by atoms with Gasteiger partial charge in [-0.05, 0) is 31.1 Å². The van der Waals surface area contributed by atoms with Crippen molar-refractivity contribution in [2.45, 2.75) is 26.2 Å². The molecule has 0 saturated carbocycles. The van der Waals surface area contributed by atoms with Gasteiger partial charge in [0, 0.05) is 17.7 Å². The number of rotatable bonds is 3. The Morgan fingerprint density at radius 1 is 1.25 bits per heavy atom. The van der Waals surface area contributed by atoms with E-state index >= 15 is 0 Å². The second-order valence-electron chi connectivity index (χ2n) is 6.06. The van der Waals surface area contributed by atoms with Crippen molar-refractivity contribution in [2.24, 2.45) is 10.9 Å². The standard InChI is InChI=1S/C20H20N2O2/c1-3-16(14-7-5-4-6-8-14)20(24)21-15-9-10-17-13(2)11-19(23)22-18(17)12-15/h4-12,16-17H,3H2,1-2H3,(H,22,23). The van der Waals surface area contributed by atoms with Crippen LogP contribution in [0.5, 0.6) is 0 Å². The Hall–Kier alpha value is -2.75. The molecule has 0 spiro atoms. The first-order valence-electron chi connectivity index (χ1n) is 8.15. The first-order valence-corrected chi connectivity index (χ1v) is 8.15. The second kappa shape index (κ2) is 6.79. The highest BCUT2D eigenvalue weighted by atomic mass is 16.2. The van der Waals surface area contributed by atoms with Crippen LogP contribution < -0.4 is 5.32 Å². The zero-order valence-corrected chi connectivity index (χ0v) is 13.8. The Morgan fingerprint density at radius 3 is 2.71 bits per heavy atom. The average Bonchev–Trinajstić information content (AvgIpc) is 2.56. The first kappa shape index (κ1) is 16.1. The fourth-order valence-corrected chi connectivity index (χ4v) is 3.09. The molecule has 0 fully saturated rings. The molecule has 1 heterocycles. The number of nitrogens with zero attached hydrogens (tertiary/aromatic N) is 1. The van der Waals surface area contributed by atoms with E-state index in [1.54, 1.807) is 12.2 Å². The maximum atomic E-state index is 12.6. The molecule has 2 aliphatic rings. The highest BCUT2D eigenvalue weighted by molar-refractivity contribution is 6.12. The number of carbonyl (C=O) groups is 2. The molecular weight excluding hydrogens is 300 g/mol. The van der Waals surface area contributed by atoms with Gasteiger partial charge in [0.1, 0.15) is 0 Å². The lowest BCUT2D eigenvalue weighted by molar-refractivity contribution is -0.119. The summed E-state index contributed by atoms with van der Waals surface area (Å²) in [5.74, 6) is -0.474. The van der Waals surface area contributed by atoms with E-state index in [0.29, 0.717) is 12.1 Å². The van der Waals surface area contributed by atoms with E-state index < -0.39 is 0 Å². The molecule has 0 aromatic heterocycles. The van der Waals surface area contributed by atoms with Crippen LogP contribution in [0, 0.1) is 5.92 Å². The molecule has 2 amide bonds. The minimum Gasteiger partial charge on any atom is -0.325 e. The number of hydrogen-bond donors (Lipinski definition) is 1. The van der Waals surface area contributed by atoms with Crippen LogP contribution in [0.4, 0.5) is 0 Å². The molecule has 4 nitrogen and oxygen atoms in total. The largest absolute Gasteiger partial charge is 0.325 e. The number of fused-ring (bicyclic) bond motifs is 1. The van der Waals surface area contributed by atoms with Crippen LogP contribution >= 0.6 is 0 Å². The Balaban J connectivity index is 1.84. The summed E-state index contributed by atoms with van der Waals surface area (Å²) in [6.07, 6.45) is 7.90. The van der Waals surface area contributed by atoms with Crippen LogP contribution in [0.1, 0.15) is 31.7 Å². The van der Waals surface area contributed by atoms with E-state index in [1.807, 2.05) is 56.3 Å². The van der Waals surface area contributed by atoms with Gasteiger partial charge in [0.05, 0.1) is 11.6 Å². The van der Waals surface area contributed by atoms with Gasteiger partial charge in [0.25, 0.3) is 5.91 Å². The van der Waals surface area contributed by atoms with Crippen LogP contribution in [0.2, 0.25) is 0 Å². The lowest BCUT2D eigenvalue weighted by Crippen LogP contribution is -2.32. The predicted octanol–water partition coefficient (Wildman–Crippen LogP) is 3.29. The molecule has 1 N–H and O–H groups in total. The van der Waals surface area contributed by atoms with E-state index in [0.717, 1.165) is 16.8 Å². The van der Waals surface area contributed by atoms with Gasteiger partial charge in [-0.3, -0.25) is 9.59 Å². The SMILES string of the molecule is CCC(C(=O)N=C1C=CC2C(C)=CC(=O)NC2=C1)c1ccccc1. The fourth-order valence-electron chi connectivity index (χ4n) is 3.09. The molecule has 3 rings (SSSR count). The van der Waals surface area contributed by atoms with Crippen molar-refractivity contribution >= 4 is 17.5 Å². The number of allylic oxidation sites excluding steroid dienone is 3. The third kappa shape index (κ3) is 3.27. The quantitative estimate of drug-likeness (QED) is 0.929. The monoisotopic (exact) mass is 320 g/mol. The molecule has 1 aromatic rings. The van der Waals surface area contributed by atoms with Crippen molar-refractivity contribution in [1.82, 2.24) is 5.32 Å². The summed E-state index contributed by atoms with van der Waals surface area (Å²) in [6, 6.07) is 9.69. The van der Waals surface area contributed by atoms with Crippen molar-refractivity contribution in [2.75, 3.05) is 0 Å². The topological polar surface area (TPSA) is 58.5 Å². The Morgan fingerprint density at radius 2 is 2.00 bits per heavy atom. The number of benzene rings is 1. The van der Waals surface area contributed by atoms with E-state index in [-0.39, 0.29) is 23.7 Å². The average molecular weight is 320 g/mol. The van der Waals surface area contributed by atoms with Crippen LogP contribution in [-0.2, 0) is 9.59 Å². The van der Waals surface area contributed by atoms with E-state index in [1.165, 1.54) is 0 Å². The molecule has 0 radical (unpaired) electrons. The smallest absolute Gasteiger partial charge is 0.253 e. The number of hydrogen-bond acceptors (Lipinski definition) is 2. The van der Waals surface area contributed by atoms with Gasteiger partial charge in [-0.1, -0.05) is 48.9 Å². The molecule has 1 aromatic carbocycles. The fraction of sp³-hybridized carbons (Fsp3) is 0.250. The zero-order valence-electron chi connectivity index (χ0n) is 13.8. The Bertz CT molecular complexity index is 785. The molecule has 1 aliphatic heterocycles. The number of carbonyl (C=O) groups excluding carboxylic acids is 2. The zero-order chi connectivity index (χ0) is 17.1. The maximum absolute atomic E-state index is 12.6. The molecule has 2 atom stereocenters. The van der Waals surface area contributed by atoms with Gasteiger partial charge in [0.15, 0.2) is 0 Å². The van der Waals surface area contributed by atoms with Crippen molar-refractivity contribution in [3.05, 3.63) is 71.5 Å². The summed E-state index contributed by atoms with van der Waals surface area (Å²) >= 11 is 0. The minimum atomic E-state index is -0.245. The van der Waals surface area contributed by atoms with Crippen molar-refractivity contribution in [3.8, 4) is 0 Å². The van der Waals surface area contributed by atoms with E-state index in [9.17, 15) is 9.59 Å². The highest BCUT2D eigenvalue weighted by Crippen LogP contribution is 2.27. The predicted molar refractivity (Wildman–Crippen MR) is 94.5 cm³/mol. The van der Waals surface area contributed by atoms with Gasteiger partial charge in [-0.2, -0.15) is 0 Å². The number of aliphatic imine (C=N–C) groups is 1. The van der Waals surface area contributed by atoms with Gasteiger partial charge in [-0.15, -0.1) is 0 Å². The minimum absolute atomic E-state index is 0.0628. The number of amides is 2. The molecule has 122 valence electrons. The molecule has 0 bridgehead atoms. The third-order valence-corrected chi connectivity index (χ3v) is 4.36. The maximum Gasteiger partial charge on any atom is 0.253 e. The lowest BCUT2D eigenvalue weighted by Gasteiger charge is -2.25. The van der Waals surface area contributed by atoms with Gasteiger partial charge in [0.2, 0.25) is 5.91 Å². The Kier molecular flexibility index (Phi) is 4.56. The van der Waals surface area contributed by atoms with Gasteiger partial charge in [-0.25, -0.2) is 4.99 Å². The van der Waals surface area contributed by atoms with Crippen LogP contribution in [-0.4, -0.2) is 17.5 Å². The number of nitrogens with one attached hydrogen (secondary N) is 1. The van der Waals surface area contributed by atoms with E-state index in [2.05, 4.69) is 10.3 Å². The van der Waals surface area contributed by atoms with Crippen LogP contribution in [0.25, 0.3) is 0 Å². The van der Waals surface area contributed by atoms with Crippen LogP contribution in [0.15, 0.2) is 70.9 Å². The summed E-state index contributed by atoms with van der Waals surface area (Å²) in [6.45, 7) is 3.91. The first-order chi connectivity index (χ1) is 11.6. The Labute approximate surface area is 141 Å². The summed E-state index contributed by atoms with van der Waals surface area (Å²) in [7, 11) is 0. The van der Waals surface area contributed by atoms with E-state index in [4.69, 9.17) is 0 Å². The van der Waals surface area contributed by atoms with Crippen molar-refractivity contribution < 1.29 is 9.59 Å². The molecule has 2 unspecified atom stereocenters. The van der Waals surface area contributed by atoms with Crippen LogP contribution in [0.3, 0.4) is 0 Å². The summed E-state index contributed by atoms with van der Waals surface area (Å²) in [4.78, 5) is 28.5. The van der Waals surface area contributed by atoms with Gasteiger partial charge < -0.3 is 5.32 Å². The molecule has 24 heavy (non-hydrogen) atoms. The highest BCUT2D eigenvalue weighted by Gasteiger charge is 2.24. The van der Waals surface area contributed by atoms with Crippen molar-refractivity contribution in [1.29, 1.82) is 0 Å². The molecule has 0 saturated heterocycles.